The summed E-state index contributed by atoms with van der Waals surface area (Å²) in [5.41, 5.74) is 3.79. The molecule has 7 nitrogen and oxygen atoms in total. The Labute approximate surface area is 152 Å². The van der Waals surface area contributed by atoms with Gasteiger partial charge in [0.15, 0.2) is 11.5 Å². The molecule has 0 unspecified atom stereocenters. The van der Waals surface area contributed by atoms with Gasteiger partial charge in [-0.2, -0.15) is 5.10 Å². The van der Waals surface area contributed by atoms with Crippen molar-refractivity contribution < 1.29 is 19.1 Å². The van der Waals surface area contributed by atoms with Crippen LogP contribution in [0.5, 0.6) is 11.5 Å². The Balaban J connectivity index is 1.91. The van der Waals surface area contributed by atoms with Crippen LogP contribution in [0.4, 0.5) is 0 Å². The Morgan fingerprint density at radius 2 is 1.69 bits per heavy atom. The van der Waals surface area contributed by atoms with E-state index in [2.05, 4.69) is 15.8 Å². The highest BCUT2D eigenvalue weighted by Crippen LogP contribution is 2.26. The van der Waals surface area contributed by atoms with Crippen LogP contribution in [0.2, 0.25) is 0 Å². The molecule has 0 aliphatic rings. The Bertz CT molecular complexity index is 791. The van der Waals surface area contributed by atoms with Gasteiger partial charge in [-0.05, 0) is 36.2 Å². The van der Waals surface area contributed by atoms with Crippen molar-refractivity contribution in [1.82, 2.24) is 10.7 Å². The van der Waals surface area contributed by atoms with Crippen LogP contribution in [0, 0.1) is 0 Å². The first-order valence-corrected chi connectivity index (χ1v) is 7.96. The number of ether oxygens (including phenoxy) is 2. The number of hydrogen-bond donors (Lipinski definition) is 2. The third-order valence-electron chi connectivity index (χ3n) is 3.64. The first-order valence-electron chi connectivity index (χ1n) is 7.96. The normalized spacial score (nSPS) is 11.7. The highest BCUT2D eigenvalue weighted by atomic mass is 16.5. The van der Waals surface area contributed by atoms with Gasteiger partial charge in [0, 0.05) is 0 Å². The minimum atomic E-state index is -0.843. The van der Waals surface area contributed by atoms with E-state index in [1.165, 1.54) is 13.3 Å². The molecule has 0 radical (unpaired) electrons. The second-order valence-corrected chi connectivity index (χ2v) is 5.42. The van der Waals surface area contributed by atoms with Gasteiger partial charge >= 0.3 is 11.8 Å². The Hall–Kier alpha value is -3.35. The van der Waals surface area contributed by atoms with E-state index in [1.54, 1.807) is 32.2 Å². The van der Waals surface area contributed by atoms with E-state index in [9.17, 15) is 9.59 Å². The molecule has 0 saturated heterocycles. The molecule has 26 heavy (non-hydrogen) atoms. The van der Waals surface area contributed by atoms with Gasteiger partial charge < -0.3 is 14.8 Å². The third-order valence-corrected chi connectivity index (χ3v) is 3.64. The van der Waals surface area contributed by atoms with Crippen LogP contribution in [-0.2, 0) is 9.59 Å². The van der Waals surface area contributed by atoms with Gasteiger partial charge in [-0.1, -0.05) is 30.3 Å². The lowest BCUT2D eigenvalue weighted by molar-refractivity contribution is -0.139. The second-order valence-electron chi connectivity index (χ2n) is 5.42. The number of carbonyl (C=O) groups excluding carboxylic acids is 2. The van der Waals surface area contributed by atoms with Crippen LogP contribution in [0.1, 0.15) is 24.1 Å². The third kappa shape index (κ3) is 5.07. The highest BCUT2D eigenvalue weighted by molar-refractivity contribution is 6.35. The molecule has 0 aliphatic heterocycles. The van der Waals surface area contributed by atoms with Gasteiger partial charge in [0.1, 0.15) is 0 Å². The Morgan fingerprint density at radius 3 is 2.35 bits per heavy atom. The SMILES string of the molecule is COc1ccc(/C=N/NC(=O)C(=O)N[C@H](C)c2ccccc2)cc1OC. The van der Waals surface area contributed by atoms with Crippen LogP contribution >= 0.6 is 0 Å². The summed E-state index contributed by atoms with van der Waals surface area (Å²) in [5.74, 6) is -0.476. The van der Waals surface area contributed by atoms with Crippen molar-refractivity contribution in [3.63, 3.8) is 0 Å². The first kappa shape index (κ1) is 19.0. The lowest BCUT2D eigenvalue weighted by atomic mass is 10.1. The van der Waals surface area contributed by atoms with E-state index in [0.717, 1.165) is 5.56 Å². The number of nitrogens with zero attached hydrogens (tertiary/aromatic N) is 1. The van der Waals surface area contributed by atoms with Crippen LogP contribution in [0.15, 0.2) is 53.6 Å². The molecular formula is C19H21N3O4. The molecule has 2 amide bonds. The number of amides is 2. The number of methoxy groups -OCH3 is 2. The molecule has 2 rings (SSSR count). The number of rotatable bonds is 6. The minimum Gasteiger partial charge on any atom is -0.493 e. The molecule has 0 heterocycles. The molecule has 136 valence electrons. The average molecular weight is 355 g/mol. The Kier molecular flexibility index (Phi) is 6.73. The molecular weight excluding hydrogens is 334 g/mol. The molecule has 1 atom stereocenters. The van der Waals surface area contributed by atoms with E-state index < -0.39 is 11.8 Å². The van der Waals surface area contributed by atoms with Crippen molar-refractivity contribution in [3.8, 4) is 11.5 Å². The minimum absolute atomic E-state index is 0.288. The van der Waals surface area contributed by atoms with E-state index in [0.29, 0.717) is 17.1 Å². The topological polar surface area (TPSA) is 89.0 Å². The summed E-state index contributed by atoms with van der Waals surface area (Å²) >= 11 is 0. The van der Waals surface area contributed by atoms with Crippen LogP contribution in [0.3, 0.4) is 0 Å². The van der Waals surface area contributed by atoms with Crippen molar-refractivity contribution in [2.45, 2.75) is 13.0 Å². The molecule has 0 saturated carbocycles. The van der Waals surface area contributed by atoms with E-state index >= 15 is 0 Å². The zero-order valence-electron chi connectivity index (χ0n) is 14.9. The fourth-order valence-corrected chi connectivity index (χ4v) is 2.24. The summed E-state index contributed by atoms with van der Waals surface area (Å²) in [6.45, 7) is 1.80. The summed E-state index contributed by atoms with van der Waals surface area (Å²) in [6.07, 6.45) is 1.41. The van der Waals surface area contributed by atoms with Gasteiger partial charge in [-0.25, -0.2) is 5.43 Å². The second kappa shape index (κ2) is 9.22. The number of benzene rings is 2. The summed E-state index contributed by atoms with van der Waals surface area (Å²) in [5, 5.41) is 6.41. The molecule has 2 aromatic carbocycles. The smallest absolute Gasteiger partial charge is 0.329 e. The number of nitrogens with one attached hydrogen (secondary N) is 2. The zero-order valence-corrected chi connectivity index (χ0v) is 14.9. The van der Waals surface area contributed by atoms with E-state index in [-0.39, 0.29) is 6.04 Å². The maximum atomic E-state index is 11.9. The van der Waals surface area contributed by atoms with Gasteiger partial charge in [0.05, 0.1) is 26.5 Å². The average Bonchev–Trinajstić information content (AvgIpc) is 2.68. The summed E-state index contributed by atoms with van der Waals surface area (Å²) in [7, 11) is 3.07. The molecule has 2 aromatic rings. The maximum absolute atomic E-state index is 11.9. The molecule has 0 fully saturated rings. The van der Waals surface area contributed by atoms with Crippen LogP contribution in [-0.4, -0.2) is 32.2 Å². The predicted octanol–water partition coefficient (Wildman–Crippen LogP) is 2.03. The number of hydrazone groups is 1. The number of hydrogen-bond acceptors (Lipinski definition) is 5. The standard InChI is InChI=1S/C19H21N3O4/c1-13(15-7-5-4-6-8-15)21-18(23)19(24)22-20-12-14-9-10-16(25-2)17(11-14)26-3/h4-13H,1-3H3,(H,21,23)(H,22,24)/b20-12+/t13-/m1/s1. The predicted molar refractivity (Wildman–Crippen MR) is 98.3 cm³/mol. The fourth-order valence-electron chi connectivity index (χ4n) is 2.24. The van der Waals surface area contributed by atoms with Crippen molar-refractivity contribution in [2.75, 3.05) is 14.2 Å². The quantitative estimate of drug-likeness (QED) is 0.471. The Morgan fingerprint density at radius 1 is 1.00 bits per heavy atom. The van der Waals surface area contributed by atoms with Crippen LogP contribution in [0.25, 0.3) is 0 Å². The zero-order chi connectivity index (χ0) is 18.9. The lowest BCUT2D eigenvalue weighted by Gasteiger charge is -2.13. The van der Waals surface area contributed by atoms with Crippen molar-refractivity contribution in [3.05, 3.63) is 59.7 Å². The first-order chi connectivity index (χ1) is 12.5. The van der Waals surface area contributed by atoms with Crippen LogP contribution < -0.4 is 20.2 Å². The van der Waals surface area contributed by atoms with Crippen molar-refractivity contribution >= 4 is 18.0 Å². The summed E-state index contributed by atoms with van der Waals surface area (Å²) < 4.78 is 10.3. The molecule has 0 bridgehead atoms. The molecule has 0 spiro atoms. The number of carbonyl (C=O) groups is 2. The summed E-state index contributed by atoms with van der Waals surface area (Å²) in [4.78, 5) is 23.8. The maximum Gasteiger partial charge on any atom is 0.329 e. The molecule has 0 aromatic heterocycles. The van der Waals surface area contributed by atoms with E-state index in [4.69, 9.17) is 9.47 Å². The van der Waals surface area contributed by atoms with Crippen molar-refractivity contribution in [2.24, 2.45) is 5.10 Å². The molecule has 2 N–H and O–H groups in total. The fraction of sp³-hybridized carbons (Fsp3) is 0.211. The van der Waals surface area contributed by atoms with Gasteiger partial charge in [-0.15, -0.1) is 0 Å². The summed E-state index contributed by atoms with van der Waals surface area (Å²) in [6, 6.07) is 14.2. The van der Waals surface area contributed by atoms with E-state index in [1.807, 2.05) is 30.3 Å². The lowest BCUT2D eigenvalue weighted by Crippen LogP contribution is -2.39. The molecule has 7 heteroatoms. The van der Waals surface area contributed by atoms with Gasteiger partial charge in [-0.3, -0.25) is 9.59 Å². The van der Waals surface area contributed by atoms with Gasteiger partial charge in [0.2, 0.25) is 0 Å². The van der Waals surface area contributed by atoms with Crippen molar-refractivity contribution in [1.29, 1.82) is 0 Å². The van der Waals surface area contributed by atoms with Gasteiger partial charge in [0.25, 0.3) is 0 Å². The monoisotopic (exact) mass is 355 g/mol. The molecule has 0 aliphatic carbocycles. The highest BCUT2D eigenvalue weighted by Gasteiger charge is 2.16. The largest absolute Gasteiger partial charge is 0.493 e.